The van der Waals surface area contributed by atoms with Gasteiger partial charge < -0.3 is 0 Å². The summed E-state index contributed by atoms with van der Waals surface area (Å²) >= 11 is 0. The van der Waals surface area contributed by atoms with E-state index in [-0.39, 0.29) is 7.43 Å². The molecule has 0 N–H and O–H groups in total. The van der Waals surface area contributed by atoms with Gasteiger partial charge in [0.05, 0.1) is 0 Å². The van der Waals surface area contributed by atoms with Crippen LogP contribution in [-0.4, -0.2) is 5.92 Å². The van der Waals surface area contributed by atoms with E-state index in [0.717, 1.165) is 25.7 Å². The van der Waals surface area contributed by atoms with Crippen LogP contribution in [0.5, 0.6) is 0 Å². The average molecular weight is 325 g/mol. The fourth-order valence-electron chi connectivity index (χ4n) is 0. The zero-order valence-corrected chi connectivity index (χ0v) is 16.8. The summed E-state index contributed by atoms with van der Waals surface area (Å²) in [5, 5.41) is 0. The number of hydrogen-bond acceptors (Lipinski definition) is 0. The van der Waals surface area contributed by atoms with Crippen LogP contribution in [0.3, 0.4) is 0 Å². The standard InChI is InChI=1S/2C4H10.2C4H8.C3H6F2.CH4/c4*1-4(2)3;1-3(2,4)5;/h2*4H,1-3H3;2*1H2,2-3H3;1-2H3;1H4. The molecule has 0 bridgehead atoms. The predicted octanol–water partition coefficient (Wildman–Crippen LogP) is 8.79. The van der Waals surface area contributed by atoms with Crippen molar-refractivity contribution >= 4 is 0 Å². The van der Waals surface area contributed by atoms with Crippen LogP contribution in [0.15, 0.2) is 24.3 Å². The van der Waals surface area contributed by atoms with E-state index >= 15 is 0 Å². The number of rotatable bonds is 0. The Bertz CT molecular complexity index is 171. The summed E-state index contributed by atoms with van der Waals surface area (Å²) in [5.41, 5.74) is 2.33. The molecule has 2 heteroatoms. The molecule has 0 spiro atoms. The molecule has 0 heterocycles. The van der Waals surface area contributed by atoms with E-state index < -0.39 is 5.92 Å². The molecule has 0 aliphatic carbocycles. The lowest BCUT2D eigenvalue weighted by Crippen LogP contribution is -1.98. The summed E-state index contributed by atoms with van der Waals surface area (Å²) < 4.78 is 22.0. The molecule has 0 aromatic carbocycles. The van der Waals surface area contributed by atoms with Gasteiger partial charge in [-0.15, -0.1) is 13.2 Å². The van der Waals surface area contributed by atoms with Crippen LogP contribution in [-0.2, 0) is 0 Å². The second-order valence-electron chi connectivity index (χ2n) is 7.21. The molecule has 0 unspecified atom stereocenters. The highest BCUT2D eigenvalue weighted by molar-refractivity contribution is 4.79. The quantitative estimate of drug-likeness (QED) is 0.390. The lowest BCUT2D eigenvalue weighted by molar-refractivity contribution is 0.0437. The zero-order chi connectivity index (χ0) is 18.8. The first kappa shape index (κ1) is 37.5. The third-order valence-electron chi connectivity index (χ3n) is 0. The summed E-state index contributed by atoms with van der Waals surface area (Å²) in [4.78, 5) is 0. The Morgan fingerprint density at radius 1 is 0.682 bits per heavy atom. The Kier molecular flexibility index (Phi) is 43.2. The Morgan fingerprint density at radius 2 is 0.682 bits per heavy atom. The highest BCUT2D eigenvalue weighted by atomic mass is 19.3. The van der Waals surface area contributed by atoms with E-state index in [9.17, 15) is 8.78 Å². The first-order valence-corrected chi connectivity index (χ1v) is 7.55. The van der Waals surface area contributed by atoms with Gasteiger partial charge in [0.15, 0.2) is 0 Å². The van der Waals surface area contributed by atoms with Crippen molar-refractivity contribution in [2.24, 2.45) is 11.8 Å². The molecule has 0 saturated carbocycles. The van der Waals surface area contributed by atoms with Crippen molar-refractivity contribution in [3.63, 3.8) is 0 Å². The van der Waals surface area contributed by atoms with Crippen LogP contribution in [0.1, 0.15) is 90.5 Å². The summed E-state index contributed by atoms with van der Waals surface area (Å²) in [5.74, 6) is -0.833. The maximum Gasteiger partial charge on any atom is 0.242 e. The second kappa shape index (κ2) is 25.3. The maximum absolute atomic E-state index is 11.0. The van der Waals surface area contributed by atoms with Crippen molar-refractivity contribution in [3.8, 4) is 0 Å². The number of halogens is 2. The van der Waals surface area contributed by atoms with E-state index in [1.807, 2.05) is 27.7 Å². The first-order chi connectivity index (χ1) is 8.93. The van der Waals surface area contributed by atoms with E-state index in [4.69, 9.17) is 0 Å². The zero-order valence-electron chi connectivity index (χ0n) is 16.8. The van der Waals surface area contributed by atoms with Gasteiger partial charge in [0.2, 0.25) is 5.92 Å². The van der Waals surface area contributed by atoms with Crippen LogP contribution >= 0.6 is 0 Å². The van der Waals surface area contributed by atoms with Crippen LogP contribution in [0.25, 0.3) is 0 Å². The molecule has 0 aliphatic rings. The second-order valence-corrected chi connectivity index (χ2v) is 7.21. The number of allylic oxidation sites excluding steroid dienone is 2. The molecule has 0 fully saturated rings. The van der Waals surface area contributed by atoms with E-state index in [1.165, 1.54) is 11.1 Å². The minimum Gasteiger partial charge on any atom is -0.208 e. The summed E-state index contributed by atoms with van der Waals surface area (Å²) in [6.45, 7) is 29.7. The highest BCUT2D eigenvalue weighted by Crippen LogP contribution is 2.06. The number of hydrogen-bond donors (Lipinski definition) is 0. The highest BCUT2D eigenvalue weighted by Gasteiger charge is 2.08. The van der Waals surface area contributed by atoms with Gasteiger partial charge in [-0.05, 0) is 53.4 Å². The topological polar surface area (TPSA) is 0 Å². The fourth-order valence-corrected chi connectivity index (χ4v) is 0. The van der Waals surface area contributed by atoms with Crippen molar-refractivity contribution in [1.82, 2.24) is 0 Å². The average Bonchev–Trinajstić information content (AvgIpc) is 1.91. The Morgan fingerprint density at radius 3 is 0.682 bits per heavy atom. The van der Waals surface area contributed by atoms with Crippen LogP contribution in [0.2, 0.25) is 0 Å². The van der Waals surface area contributed by atoms with Crippen molar-refractivity contribution in [3.05, 3.63) is 24.3 Å². The summed E-state index contributed by atoms with van der Waals surface area (Å²) in [7, 11) is 0. The summed E-state index contributed by atoms with van der Waals surface area (Å²) in [6.07, 6.45) is 0. The van der Waals surface area contributed by atoms with Gasteiger partial charge in [-0.3, -0.25) is 0 Å². The molecule has 0 atom stereocenters. The van der Waals surface area contributed by atoms with Gasteiger partial charge in [0, 0.05) is 0 Å². The molecular weight excluding hydrogens is 278 g/mol. The molecule has 0 rings (SSSR count). The first-order valence-electron chi connectivity index (χ1n) is 7.55. The lowest BCUT2D eigenvalue weighted by Gasteiger charge is -1.94. The molecular formula is C20H46F2. The van der Waals surface area contributed by atoms with Crippen molar-refractivity contribution in [2.45, 2.75) is 96.4 Å². The summed E-state index contributed by atoms with van der Waals surface area (Å²) in [6, 6.07) is 0. The van der Waals surface area contributed by atoms with Gasteiger partial charge in [-0.1, -0.05) is 60.1 Å². The van der Waals surface area contributed by atoms with E-state index in [0.29, 0.717) is 0 Å². The lowest BCUT2D eigenvalue weighted by atomic mass is 10.3. The van der Waals surface area contributed by atoms with Gasteiger partial charge in [0.1, 0.15) is 0 Å². The maximum atomic E-state index is 11.0. The molecule has 22 heavy (non-hydrogen) atoms. The van der Waals surface area contributed by atoms with E-state index in [2.05, 4.69) is 54.7 Å². The molecule has 0 nitrogen and oxygen atoms in total. The van der Waals surface area contributed by atoms with Gasteiger partial charge in [-0.2, -0.15) is 0 Å². The molecule has 0 amide bonds. The monoisotopic (exact) mass is 324 g/mol. The molecule has 0 aliphatic heterocycles. The minimum atomic E-state index is -2.50. The largest absolute Gasteiger partial charge is 0.242 e. The Labute approximate surface area is 142 Å². The smallest absolute Gasteiger partial charge is 0.208 e. The van der Waals surface area contributed by atoms with Gasteiger partial charge >= 0.3 is 0 Å². The van der Waals surface area contributed by atoms with Crippen molar-refractivity contribution in [1.29, 1.82) is 0 Å². The van der Waals surface area contributed by atoms with Crippen LogP contribution in [0.4, 0.5) is 8.78 Å². The molecule has 0 radical (unpaired) electrons. The van der Waals surface area contributed by atoms with Crippen molar-refractivity contribution in [2.75, 3.05) is 0 Å². The minimum absolute atomic E-state index is 0. The van der Waals surface area contributed by atoms with Gasteiger partial charge in [0.25, 0.3) is 0 Å². The normalized spacial score (nSPS) is 8.36. The molecule has 140 valence electrons. The fraction of sp³-hybridized carbons (Fsp3) is 0.800. The third kappa shape index (κ3) is 14900. The third-order valence-corrected chi connectivity index (χ3v) is 0. The molecule has 0 saturated heterocycles. The molecule has 0 aromatic rings. The Hall–Kier alpha value is -0.660. The van der Waals surface area contributed by atoms with Gasteiger partial charge in [-0.25, -0.2) is 8.78 Å². The van der Waals surface area contributed by atoms with Crippen LogP contribution in [0, 0.1) is 11.8 Å². The van der Waals surface area contributed by atoms with Crippen molar-refractivity contribution < 1.29 is 8.78 Å². The molecule has 0 aromatic heterocycles. The Balaban J connectivity index is -0.0000000361. The predicted molar refractivity (Wildman–Crippen MR) is 105 cm³/mol. The van der Waals surface area contributed by atoms with Crippen LogP contribution < -0.4 is 0 Å². The number of alkyl halides is 2. The SMILES string of the molecule is C.C=C(C)C.C=C(C)C.CC(C)(F)F.CC(C)C.CC(C)C. The van der Waals surface area contributed by atoms with E-state index in [1.54, 1.807) is 0 Å².